The first-order chi connectivity index (χ1) is 4.00. The summed E-state index contributed by atoms with van der Waals surface area (Å²) in [5.74, 6) is 0. The second-order valence-corrected chi connectivity index (χ2v) is 4.39. The normalized spacial score (nSPS) is 16.7. The predicted molar refractivity (Wildman–Crippen MR) is 36.2 cm³/mol. The van der Waals surface area contributed by atoms with Gasteiger partial charge in [0, 0.05) is 0 Å². The minimum Gasteiger partial charge on any atom is -0.474 e. The zero-order valence-electron chi connectivity index (χ0n) is 4.77. The summed E-state index contributed by atoms with van der Waals surface area (Å²) in [6.45, 7) is -1.82. The van der Waals surface area contributed by atoms with Crippen LogP contribution in [0.2, 0.25) is 0 Å². The Labute approximate surface area is 57.6 Å². The average Bonchev–Trinajstić information content (AvgIpc) is 1.65. The van der Waals surface area contributed by atoms with E-state index in [4.69, 9.17) is 10.00 Å². The van der Waals surface area contributed by atoms with Crippen LogP contribution >= 0.6 is 6.49 Å². The maximum Gasteiger partial charge on any atom is 0.387 e. The molecule has 0 aliphatic heterocycles. The molecule has 0 heterocycles. The number of hydrogen-bond acceptors (Lipinski definition) is 3. The van der Waals surface area contributed by atoms with Crippen LogP contribution in [0, 0.1) is 0 Å². The largest absolute Gasteiger partial charge is 0.474 e. The Balaban J connectivity index is 4.04. The maximum atomic E-state index is 9.98. The fraction of sp³-hybridized carbons (Fsp3) is 0.667. The molecule has 0 aromatic rings. The van der Waals surface area contributed by atoms with Crippen molar-refractivity contribution >= 4 is 24.0 Å². The smallest absolute Gasteiger partial charge is 0.387 e. The van der Waals surface area contributed by atoms with Crippen molar-refractivity contribution in [2.75, 3.05) is 6.61 Å². The Kier molecular flexibility index (Phi) is 3.28. The summed E-state index contributed by atoms with van der Waals surface area (Å²) in [4.78, 5) is 18.7. The molecule has 0 bridgehead atoms. The zero-order valence-corrected chi connectivity index (χ0v) is 6.48. The van der Waals surface area contributed by atoms with Gasteiger partial charge in [0.15, 0.2) is 0 Å². The monoisotopic (exact) mass is 170 g/mol. The van der Waals surface area contributed by atoms with Crippen LogP contribution in [0.15, 0.2) is 0 Å². The van der Waals surface area contributed by atoms with Gasteiger partial charge < -0.3 is 14.5 Å². The predicted octanol–water partition coefficient (Wildman–Crippen LogP) is 1.00. The van der Waals surface area contributed by atoms with Gasteiger partial charge in [-0.05, 0) is 18.7 Å². The lowest BCUT2D eigenvalue weighted by atomic mass is 10.9. The fourth-order valence-corrected chi connectivity index (χ4v) is 1.01. The quantitative estimate of drug-likeness (QED) is 0.618. The number of carbonyl (C=O) groups is 1. The van der Waals surface area contributed by atoms with E-state index in [-0.39, 0.29) is 6.61 Å². The second kappa shape index (κ2) is 3.27. The van der Waals surface area contributed by atoms with E-state index in [9.17, 15) is 4.79 Å². The molecule has 9 heavy (non-hydrogen) atoms. The molecule has 0 amide bonds. The van der Waals surface area contributed by atoms with Gasteiger partial charge >= 0.3 is 5.71 Å². The Hall–Kier alpha value is 0.0400. The van der Waals surface area contributed by atoms with Gasteiger partial charge in [0.1, 0.15) is 0 Å². The first kappa shape index (κ1) is 9.04. The summed E-state index contributed by atoms with van der Waals surface area (Å²) >= 11 is 4.21. The molecule has 1 atom stereocenters. The van der Waals surface area contributed by atoms with E-state index >= 15 is 0 Å². The van der Waals surface area contributed by atoms with Gasteiger partial charge in [0.2, 0.25) is 0 Å². The van der Waals surface area contributed by atoms with E-state index in [1.807, 2.05) is 0 Å². The fourth-order valence-electron chi connectivity index (χ4n) is 0.230. The van der Waals surface area contributed by atoms with Gasteiger partial charge in [-0.3, -0.25) is 0 Å². The number of hydrogen-bond donors (Lipinski definition) is 2. The Morgan fingerprint density at radius 1 is 1.89 bits per heavy atom. The third-order valence-electron chi connectivity index (χ3n) is 0.546. The van der Waals surface area contributed by atoms with Gasteiger partial charge in [-0.25, -0.2) is 4.79 Å². The van der Waals surface area contributed by atoms with E-state index in [0.29, 0.717) is 0 Å². The van der Waals surface area contributed by atoms with Crippen LogP contribution in [0.5, 0.6) is 0 Å². The Bertz CT molecular complexity index is 156. The van der Waals surface area contributed by atoms with E-state index < -0.39 is 12.2 Å². The van der Waals surface area contributed by atoms with Gasteiger partial charge in [-0.2, -0.15) is 0 Å². The molecular weight excluding hydrogens is 163 g/mol. The Morgan fingerprint density at radius 2 is 2.33 bits per heavy atom. The van der Waals surface area contributed by atoms with Crippen molar-refractivity contribution in [1.82, 2.24) is 0 Å². The molecule has 0 fully saturated rings. The molecule has 2 N–H and O–H groups in total. The van der Waals surface area contributed by atoms with Crippen molar-refractivity contribution in [3.8, 4) is 0 Å². The van der Waals surface area contributed by atoms with Crippen molar-refractivity contribution in [2.45, 2.75) is 6.92 Å². The average molecular weight is 170 g/mol. The number of carboxylic acid groups (broad SMARTS) is 1. The summed E-state index contributed by atoms with van der Waals surface area (Å²) < 4.78 is 4.37. The molecule has 0 saturated heterocycles. The van der Waals surface area contributed by atoms with Crippen LogP contribution in [0.25, 0.3) is 0 Å². The highest BCUT2D eigenvalue weighted by atomic mass is 32.5. The van der Waals surface area contributed by atoms with E-state index in [1.165, 1.54) is 0 Å². The SMILES string of the molecule is CCOP(O)(=S)C(=O)O. The van der Waals surface area contributed by atoms with E-state index in [2.05, 4.69) is 16.3 Å². The van der Waals surface area contributed by atoms with Crippen LogP contribution in [-0.2, 0) is 16.3 Å². The van der Waals surface area contributed by atoms with Gasteiger partial charge in [0.25, 0.3) is 6.49 Å². The van der Waals surface area contributed by atoms with Crippen LogP contribution in [0.3, 0.4) is 0 Å². The zero-order chi connectivity index (χ0) is 7.49. The molecule has 1 unspecified atom stereocenters. The highest BCUT2D eigenvalue weighted by Gasteiger charge is 2.22. The summed E-state index contributed by atoms with van der Waals surface area (Å²) in [5, 5.41) is 8.14. The van der Waals surface area contributed by atoms with Crippen molar-refractivity contribution in [2.24, 2.45) is 0 Å². The lowest BCUT2D eigenvalue weighted by molar-refractivity contribution is 0.209. The lowest BCUT2D eigenvalue weighted by Gasteiger charge is -2.06. The van der Waals surface area contributed by atoms with Crippen molar-refractivity contribution in [1.29, 1.82) is 0 Å². The van der Waals surface area contributed by atoms with Crippen LogP contribution in [0.4, 0.5) is 4.79 Å². The summed E-state index contributed by atoms with van der Waals surface area (Å²) in [5.41, 5.74) is -1.45. The van der Waals surface area contributed by atoms with Gasteiger partial charge in [-0.15, -0.1) is 0 Å². The maximum absolute atomic E-state index is 9.98. The standard InChI is InChI=1S/C3H7O4PS/c1-2-7-8(6,9)3(4)5/h2H2,1H3,(H,4,5)(H,6,9). The molecule has 0 radical (unpaired) electrons. The summed E-state index contributed by atoms with van der Waals surface area (Å²) in [6.07, 6.45) is 0. The topological polar surface area (TPSA) is 66.8 Å². The molecule has 6 heteroatoms. The summed E-state index contributed by atoms with van der Waals surface area (Å²) in [6, 6.07) is 0. The van der Waals surface area contributed by atoms with E-state index in [0.717, 1.165) is 0 Å². The lowest BCUT2D eigenvalue weighted by Crippen LogP contribution is -1.97. The minimum atomic E-state index is -3.51. The third kappa shape index (κ3) is 2.91. The van der Waals surface area contributed by atoms with Crippen molar-refractivity contribution in [3.63, 3.8) is 0 Å². The molecule has 0 rings (SSSR count). The van der Waals surface area contributed by atoms with Crippen LogP contribution in [-0.4, -0.2) is 22.3 Å². The van der Waals surface area contributed by atoms with Crippen molar-refractivity contribution in [3.05, 3.63) is 0 Å². The highest BCUT2D eigenvalue weighted by molar-refractivity contribution is 8.17. The minimum absolute atomic E-state index is 0.125. The second-order valence-electron chi connectivity index (χ2n) is 1.22. The third-order valence-corrected chi connectivity index (χ3v) is 2.42. The molecular formula is C3H7O4PS. The van der Waals surface area contributed by atoms with Crippen molar-refractivity contribution < 1.29 is 19.3 Å². The summed E-state index contributed by atoms with van der Waals surface area (Å²) in [7, 11) is 0. The van der Waals surface area contributed by atoms with Gasteiger partial charge in [-0.1, -0.05) is 0 Å². The van der Waals surface area contributed by atoms with E-state index in [1.54, 1.807) is 6.92 Å². The first-order valence-corrected chi connectivity index (χ1v) is 4.89. The molecule has 0 aromatic carbocycles. The number of rotatable bonds is 3. The molecule has 0 spiro atoms. The molecule has 0 aromatic heterocycles. The highest BCUT2D eigenvalue weighted by Crippen LogP contribution is 2.42. The van der Waals surface area contributed by atoms with Crippen LogP contribution < -0.4 is 0 Å². The molecule has 0 saturated carbocycles. The first-order valence-electron chi connectivity index (χ1n) is 2.21. The van der Waals surface area contributed by atoms with Crippen LogP contribution in [0.1, 0.15) is 6.92 Å². The van der Waals surface area contributed by atoms with Gasteiger partial charge in [0.05, 0.1) is 6.61 Å². The molecule has 0 aliphatic rings. The molecule has 0 aliphatic carbocycles. The molecule has 4 nitrogen and oxygen atoms in total. The Morgan fingerprint density at radius 3 is 2.44 bits per heavy atom. The molecule has 54 valence electrons.